The number of hydrogen-bond donors (Lipinski definition) is 2. The van der Waals surface area contributed by atoms with E-state index in [2.05, 4.69) is 5.32 Å². The fourth-order valence-corrected chi connectivity index (χ4v) is 8.05. The van der Waals surface area contributed by atoms with Crippen molar-refractivity contribution in [3.8, 4) is 0 Å². The quantitative estimate of drug-likeness (QED) is 0.220. The Balaban J connectivity index is 1.85. The first-order valence-electron chi connectivity index (χ1n) is 15.4. The molecule has 0 aromatic heterocycles. The van der Waals surface area contributed by atoms with Gasteiger partial charge in [0.05, 0.1) is 22.8 Å². The standard InChI is InChI=1S/C35H40Cl2F3N3O3S/c1-21(2)30(20-47(41,46)22(3)4)43-32(23-12-14-26(36)15-13-23)29(24-8-6-10-27(37)16-24)18-34(5,33(43)45)19-31(44)42-28-11-7-9-25(17-28)35(38,39)40/h6-17,21-22,29-30,32,41H,18-20H2,1-5H3,(H,42,44)/t29-,30-,32-,34-,47?/m1/s1. The lowest BCUT2D eigenvalue weighted by molar-refractivity contribution is -0.157. The van der Waals surface area contributed by atoms with Gasteiger partial charge in [0.25, 0.3) is 0 Å². The van der Waals surface area contributed by atoms with E-state index in [4.69, 9.17) is 28.0 Å². The molecule has 1 heterocycles. The summed E-state index contributed by atoms with van der Waals surface area (Å²) >= 11 is 12.7. The molecular formula is C35H40Cl2F3N3O3S. The summed E-state index contributed by atoms with van der Waals surface area (Å²) in [7, 11) is -3.14. The zero-order valence-electron chi connectivity index (χ0n) is 26.9. The van der Waals surface area contributed by atoms with Gasteiger partial charge in [-0.3, -0.25) is 14.4 Å². The summed E-state index contributed by atoms with van der Waals surface area (Å²) in [5.41, 5.74) is -0.676. The molecular weight excluding hydrogens is 670 g/mol. The maximum absolute atomic E-state index is 14.9. The number of nitrogens with zero attached hydrogens (tertiary/aromatic N) is 1. The second-order valence-corrected chi connectivity index (χ2v) is 16.8. The SMILES string of the molecule is CC(C)[C@@H](CS(=N)(=O)C(C)C)N1C(=O)[C@@](C)(CC(=O)Nc2cccc(C(F)(F)F)c2)C[C@H](c2cccc(Cl)c2)[C@H]1c1ccc(Cl)cc1. The molecule has 5 atom stereocenters. The minimum atomic E-state index is -4.59. The Hall–Kier alpha value is -3.08. The van der Waals surface area contributed by atoms with E-state index in [0.717, 1.165) is 23.3 Å². The zero-order valence-corrected chi connectivity index (χ0v) is 29.2. The Morgan fingerprint density at radius 1 is 1.00 bits per heavy atom. The van der Waals surface area contributed by atoms with E-state index >= 15 is 0 Å². The number of likely N-dealkylation sites (tertiary alicyclic amines) is 1. The number of piperidine rings is 1. The molecule has 2 amide bonds. The van der Waals surface area contributed by atoms with Crippen LogP contribution in [-0.2, 0) is 25.5 Å². The van der Waals surface area contributed by atoms with Gasteiger partial charge in [-0.1, -0.05) is 88.2 Å². The van der Waals surface area contributed by atoms with E-state index < -0.39 is 56.0 Å². The zero-order chi connectivity index (χ0) is 34.9. The summed E-state index contributed by atoms with van der Waals surface area (Å²) in [6, 6.07) is 17.5. The van der Waals surface area contributed by atoms with Gasteiger partial charge in [-0.05, 0) is 65.9 Å². The van der Waals surface area contributed by atoms with E-state index in [-0.39, 0.29) is 36.1 Å². The lowest BCUT2D eigenvalue weighted by atomic mass is 9.66. The molecule has 2 N–H and O–H groups in total. The number of nitrogens with one attached hydrogen (secondary N) is 2. The molecule has 0 spiro atoms. The first-order chi connectivity index (χ1) is 21.8. The van der Waals surface area contributed by atoms with Crippen LogP contribution in [0.15, 0.2) is 72.8 Å². The van der Waals surface area contributed by atoms with Gasteiger partial charge in [0, 0.05) is 49.1 Å². The van der Waals surface area contributed by atoms with Gasteiger partial charge in [0.2, 0.25) is 11.8 Å². The molecule has 1 saturated heterocycles. The molecule has 0 aliphatic carbocycles. The topological polar surface area (TPSA) is 90.3 Å². The van der Waals surface area contributed by atoms with Crippen molar-refractivity contribution in [2.75, 3.05) is 11.1 Å². The minimum absolute atomic E-state index is 0.0371. The van der Waals surface area contributed by atoms with Crippen LogP contribution in [0, 0.1) is 16.1 Å². The molecule has 3 aromatic rings. The summed E-state index contributed by atoms with van der Waals surface area (Å²) in [6.07, 6.45) is -4.71. The van der Waals surface area contributed by atoms with Crippen LogP contribution in [0.2, 0.25) is 10.0 Å². The van der Waals surface area contributed by atoms with E-state index in [1.807, 2.05) is 44.2 Å². The van der Waals surface area contributed by atoms with Crippen molar-refractivity contribution in [3.05, 3.63) is 99.5 Å². The number of carbonyl (C=O) groups is 2. The molecule has 4 rings (SSSR count). The van der Waals surface area contributed by atoms with Gasteiger partial charge in [-0.25, -0.2) is 4.21 Å². The van der Waals surface area contributed by atoms with Crippen molar-refractivity contribution in [1.82, 2.24) is 4.90 Å². The molecule has 254 valence electrons. The summed E-state index contributed by atoms with van der Waals surface area (Å²) in [5, 5.41) is 3.08. The van der Waals surface area contributed by atoms with Gasteiger partial charge in [0.15, 0.2) is 0 Å². The maximum Gasteiger partial charge on any atom is 0.416 e. The van der Waals surface area contributed by atoms with Gasteiger partial charge in [0.1, 0.15) is 0 Å². The predicted octanol–water partition coefficient (Wildman–Crippen LogP) is 9.58. The van der Waals surface area contributed by atoms with Crippen LogP contribution in [0.25, 0.3) is 0 Å². The number of carbonyl (C=O) groups excluding carboxylic acids is 2. The summed E-state index contributed by atoms with van der Waals surface area (Å²) in [4.78, 5) is 30.1. The normalized spacial score (nSPS) is 22.3. The maximum atomic E-state index is 14.9. The molecule has 6 nitrogen and oxygen atoms in total. The van der Waals surface area contributed by atoms with Gasteiger partial charge in [-0.15, -0.1) is 0 Å². The second-order valence-electron chi connectivity index (χ2n) is 13.2. The van der Waals surface area contributed by atoms with E-state index in [9.17, 15) is 27.0 Å². The molecule has 1 fully saturated rings. The Bertz CT molecular complexity index is 1710. The Morgan fingerprint density at radius 3 is 2.21 bits per heavy atom. The molecule has 1 aliphatic heterocycles. The summed E-state index contributed by atoms with van der Waals surface area (Å²) in [5.74, 6) is -1.69. The Kier molecular flexibility index (Phi) is 11.1. The van der Waals surface area contributed by atoms with Crippen molar-refractivity contribution in [1.29, 1.82) is 4.78 Å². The van der Waals surface area contributed by atoms with Crippen molar-refractivity contribution < 1.29 is 27.0 Å². The number of hydrogen-bond acceptors (Lipinski definition) is 4. The van der Waals surface area contributed by atoms with E-state index in [1.165, 1.54) is 12.1 Å². The number of amides is 2. The van der Waals surface area contributed by atoms with Crippen molar-refractivity contribution in [2.45, 2.75) is 76.9 Å². The molecule has 47 heavy (non-hydrogen) atoms. The molecule has 12 heteroatoms. The third-order valence-corrected chi connectivity index (χ3v) is 11.8. The third-order valence-electron chi connectivity index (χ3n) is 8.92. The van der Waals surface area contributed by atoms with Gasteiger partial charge >= 0.3 is 6.18 Å². The first kappa shape index (κ1) is 36.8. The largest absolute Gasteiger partial charge is 0.416 e. The van der Waals surface area contributed by atoms with Gasteiger partial charge in [-0.2, -0.15) is 13.2 Å². The highest BCUT2D eigenvalue weighted by molar-refractivity contribution is 7.93. The van der Waals surface area contributed by atoms with Crippen LogP contribution in [0.3, 0.4) is 0 Å². The number of alkyl halides is 3. The fraction of sp³-hybridized carbons (Fsp3) is 0.429. The van der Waals surface area contributed by atoms with Crippen LogP contribution in [0.1, 0.15) is 76.1 Å². The number of benzene rings is 3. The molecule has 1 unspecified atom stereocenters. The van der Waals surface area contributed by atoms with E-state index in [1.54, 1.807) is 43.9 Å². The van der Waals surface area contributed by atoms with E-state index in [0.29, 0.717) is 10.0 Å². The molecule has 0 bridgehead atoms. The Morgan fingerprint density at radius 2 is 1.64 bits per heavy atom. The van der Waals surface area contributed by atoms with Gasteiger partial charge < -0.3 is 10.2 Å². The Labute approximate surface area is 285 Å². The van der Waals surface area contributed by atoms with Crippen molar-refractivity contribution in [2.24, 2.45) is 11.3 Å². The number of rotatable bonds is 10. The average Bonchev–Trinajstić information content (AvgIpc) is 2.97. The van der Waals surface area contributed by atoms with Crippen LogP contribution >= 0.6 is 23.2 Å². The highest BCUT2D eigenvalue weighted by Crippen LogP contribution is 2.52. The van der Waals surface area contributed by atoms with Crippen LogP contribution in [-0.4, -0.2) is 38.0 Å². The minimum Gasteiger partial charge on any atom is -0.330 e. The predicted molar refractivity (Wildman–Crippen MR) is 182 cm³/mol. The van der Waals surface area contributed by atoms with Crippen LogP contribution in [0.5, 0.6) is 0 Å². The first-order valence-corrected chi connectivity index (χ1v) is 17.9. The summed E-state index contributed by atoms with van der Waals surface area (Å²) < 4.78 is 62.4. The number of anilines is 1. The summed E-state index contributed by atoms with van der Waals surface area (Å²) in [6.45, 7) is 8.94. The second kappa shape index (κ2) is 14.2. The monoisotopic (exact) mass is 709 g/mol. The fourth-order valence-electron chi connectivity index (χ4n) is 6.28. The lowest BCUT2D eigenvalue weighted by Gasteiger charge is -2.53. The molecule has 1 aliphatic rings. The number of halogens is 5. The molecule has 0 saturated carbocycles. The molecule has 0 radical (unpaired) electrons. The average molecular weight is 711 g/mol. The smallest absolute Gasteiger partial charge is 0.330 e. The third kappa shape index (κ3) is 8.51. The van der Waals surface area contributed by atoms with Crippen molar-refractivity contribution >= 4 is 50.4 Å². The molecule has 3 aromatic carbocycles. The lowest BCUT2D eigenvalue weighted by Crippen LogP contribution is -2.59. The highest BCUT2D eigenvalue weighted by atomic mass is 35.5. The van der Waals surface area contributed by atoms with Crippen LogP contribution < -0.4 is 5.32 Å². The van der Waals surface area contributed by atoms with Crippen LogP contribution in [0.4, 0.5) is 18.9 Å². The van der Waals surface area contributed by atoms with Crippen molar-refractivity contribution in [3.63, 3.8) is 0 Å². The highest BCUT2D eigenvalue weighted by Gasteiger charge is 2.53.